The molecule has 1 aliphatic heterocycles. The van der Waals surface area contributed by atoms with Gasteiger partial charge in [-0.1, -0.05) is 11.2 Å². The van der Waals surface area contributed by atoms with Gasteiger partial charge in [-0.05, 0) is 43.9 Å². The van der Waals surface area contributed by atoms with E-state index < -0.39 is 0 Å². The van der Waals surface area contributed by atoms with E-state index in [0.717, 1.165) is 31.5 Å². The van der Waals surface area contributed by atoms with Crippen molar-refractivity contribution in [3.63, 3.8) is 0 Å². The summed E-state index contributed by atoms with van der Waals surface area (Å²) in [6.07, 6.45) is 2.90. The number of rotatable bonds is 6. The second-order valence-electron chi connectivity index (χ2n) is 6.52. The highest BCUT2D eigenvalue weighted by Gasteiger charge is 2.27. The van der Waals surface area contributed by atoms with Crippen LogP contribution >= 0.6 is 0 Å². The molecule has 0 spiro atoms. The molecule has 1 aromatic heterocycles. The fourth-order valence-electron chi connectivity index (χ4n) is 3.30. The van der Waals surface area contributed by atoms with Gasteiger partial charge in [-0.15, -0.1) is 0 Å². The van der Waals surface area contributed by atoms with Crippen LogP contribution in [0.25, 0.3) is 0 Å². The van der Waals surface area contributed by atoms with Crippen LogP contribution in [0.1, 0.15) is 42.5 Å². The van der Waals surface area contributed by atoms with Crippen molar-refractivity contribution in [2.45, 2.75) is 38.5 Å². The van der Waals surface area contributed by atoms with Crippen LogP contribution < -0.4 is 9.47 Å². The van der Waals surface area contributed by atoms with Crippen LogP contribution in [0.5, 0.6) is 11.5 Å². The summed E-state index contributed by atoms with van der Waals surface area (Å²) in [6.45, 7) is 3.29. The quantitative estimate of drug-likeness (QED) is 0.789. The van der Waals surface area contributed by atoms with E-state index in [1.807, 2.05) is 30.0 Å². The van der Waals surface area contributed by atoms with Crippen molar-refractivity contribution in [1.82, 2.24) is 15.0 Å². The molecule has 0 unspecified atom stereocenters. The predicted octanol–water partition coefficient (Wildman–Crippen LogP) is 2.73. The zero-order valence-electron chi connectivity index (χ0n) is 15.5. The summed E-state index contributed by atoms with van der Waals surface area (Å²) < 4.78 is 15.8. The van der Waals surface area contributed by atoms with Gasteiger partial charge in [0, 0.05) is 25.4 Å². The Morgan fingerprint density at radius 2 is 1.96 bits per heavy atom. The van der Waals surface area contributed by atoms with Crippen LogP contribution in [0.2, 0.25) is 0 Å². The Bertz CT molecular complexity index is 751. The first kappa shape index (κ1) is 18.2. The largest absolute Gasteiger partial charge is 0.493 e. The molecule has 0 bridgehead atoms. The summed E-state index contributed by atoms with van der Waals surface area (Å²) in [5.41, 5.74) is 1.06. The molecule has 140 valence electrons. The average Bonchev–Trinajstić information content (AvgIpc) is 3.12. The maximum absolute atomic E-state index is 12.5. The number of ether oxygens (including phenoxy) is 2. The minimum absolute atomic E-state index is 0.181. The maximum atomic E-state index is 12.5. The highest BCUT2D eigenvalue weighted by molar-refractivity contribution is 5.76. The van der Waals surface area contributed by atoms with Gasteiger partial charge < -0.3 is 18.9 Å². The number of aryl methyl sites for hydroxylation is 2. The second-order valence-corrected chi connectivity index (χ2v) is 6.52. The number of carbonyl (C=O) groups is 1. The highest BCUT2D eigenvalue weighted by Crippen LogP contribution is 2.29. The number of hydrogen-bond acceptors (Lipinski definition) is 6. The van der Waals surface area contributed by atoms with Gasteiger partial charge in [0.1, 0.15) is 0 Å². The van der Waals surface area contributed by atoms with Crippen molar-refractivity contribution in [2.75, 3.05) is 27.3 Å². The molecule has 7 nitrogen and oxygen atoms in total. The predicted molar refractivity (Wildman–Crippen MR) is 95.5 cm³/mol. The molecule has 26 heavy (non-hydrogen) atoms. The molecule has 2 aromatic rings. The molecule has 1 saturated heterocycles. The molecular formula is C19H25N3O4. The van der Waals surface area contributed by atoms with Crippen molar-refractivity contribution >= 4 is 5.91 Å². The zero-order chi connectivity index (χ0) is 18.5. The van der Waals surface area contributed by atoms with E-state index in [2.05, 4.69) is 10.1 Å². The molecule has 0 N–H and O–H groups in total. The number of likely N-dealkylation sites (tertiary alicyclic amines) is 1. The molecular weight excluding hydrogens is 334 g/mol. The highest BCUT2D eigenvalue weighted by atomic mass is 16.5. The molecule has 0 radical (unpaired) electrons. The summed E-state index contributed by atoms with van der Waals surface area (Å²) in [4.78, 5) is 18.8. The Hall–Kier alpha value is -2.57. The summed E-state index contributed by atoms with van der Waals surface area (Å²) in [7, 11) is 3.22. The van der Waals surface area contributed by atoms with Crippen molar-refractivity contribution in [3.8, 4) is 11.5 Å². The van der Waals surface area contributed by atoms with E-state index in [-0.39, 0.29) is 11.8 Å². The average molecular weight is 359 g/mol. The monoisotopic (exact) mass is 359 g/mol. The Balaban J connectivity index is 1.50. The van der Waals surface area contributed by atoms with Crippen LogP contribution in [0.15, 0.2) is 22.7 Å². The number of hydrogen-bond donors (Lipinski definition) is 0. The minimum atomic E-state index is 0.181. The molecule has 0 aliphatic carbocycles. The minimum Gasteiger partial charge on any atom is -0.493 e. The van der Waals surface area contributed by atoms with Crippen molar-refractivity contribution in [3.05, 3.63) is 35.5 Å². The topological polar surface area (TPSA) is 77.7 Å². The number of nitrogens with zero attached hydrogens (tertiary/aromatic N) is 3. The third-order valence-electron chi connectivity index (χ3n) is 4.82. The number of methoxy groups -OCH3 is 2. The van der Waals surface area contributed by atoms with Crippen LogP contribution in [0, 0.1) is 6.92 Å². The van der Waals surface area contributed by atoms with Gasteiger partial charge in [0.05, 0.1) is 14.2 Å². The lowest BCUT2D eigenvalue weighted by atomic mass is 9.96. The third-order valence-corrected chi connectivity index (χ3v) is 4.82. The lowest BCUT2D eigenvalue weighted by molar-refractivity contribution is -0.132. The summed E-state index contributed by atoms with van der Waals surface area (Å²) in [5.74, 6) is 3.17. The van der Waals surface area contributed by atoms with Gasteiger partial charge in [-0.25, -0.2) is 0 Å². The van der Waals surface area contributed by atoms with Gasteiger partial charge in [0.2, 0.25) is 11.8 Å². The molecule has 1 aliphatic rings. The Kier molecular flexibility index (Phi) is 5.75. The molecule has 0 atom stereocenters. The number of benzene rings is 1. The molecule has 1 aromatic carbocycles. The van der Waals surface area contributed by atoms with Crippen molar-refractivity contribution < 1.29 is 18.8 Å². The molecule has 1 amide bonds. The summed E-state index contributed by atoms with van der Waals surface area (Å²) in [5, 5.41) is 3.85. The lowest BCUT2D eigenvalue weighted by Gasteiger charge is -2.30. The fourth-order valence-corrected chi connectivity index (χ4v) is 3.30. The fraction of sp³-hybridized carbons (Fsp3) is 0.526. The van der Waals surface area contributed by atoms with Crippen molar-refractivity contribution in [2.24, 2.45) is 0 Å². The van der Waals surface area contributed by atoms with Crippen LogP contribution in [-0.2, 0) is 11.2 Å². The Morgan fingerprint density at radius 1 is 1.23 bits per heavy atom. The van der Waals surface area contributed by atoms with E-state index in [1.54, 1.807) is 14.2 Å². The van der Waals surface area contributed by atoms with Gasteiger partial charge in [0.25, 0.3) is 0 Å². The molecule has 0 saturated carbocycles. The van der Waals surface area contributed by atoms with Gasteiger partial charge in [0.15, 0.2) is 17.3 Å². The second kappa shape index (κ2) is 8.21. The molecule has 3 rings (SSSR count). The van der Waals surface area contributed by atoms with Crippen molar-refractivity contribution in [1.29, 1.82) is 0 Å². The molecule has 7 heteroatoms. The maximum Gasteiger partial charge on any atom is 0.229 e. The Labute approximate surface area is 153 Å². The van der Waals surface area contributed by atoms with Crippen LogP contribution in [-0.4, -0.2) is 48.3 Å². The number of amides is 1. The first-order chi connectivity index (χ1) is 12.6. The normalized spacial score (nSPS) is 15.1. The first-order valence-electron chi connectivity index (χ1n) is 8.89. The Morgan fingerprint density at radius 3 is 2.58 bits per heavy atom. The smallest absolute Gasteiger partial charge is 0.229 e. The number of carbonyl (C=O) groups excluding carboxylic acids is 1. The van der Waals surface area contributed by atoms with Crippen LogP contribution in [0.3, 0.4) is 0 Å². The van der Waals surface area contributed by atoms with E-state index in [4.69, 9.17) is 14.0 Å². The summed E-state index contributed by atoms with van der Waals surface area (Å²) in [6, 6.07) is 5.77. The van der Waals surface area contributed by atoms with Gasteiger partial charge in [-0.3, -0.25) is 4.79 Å². The SMILES string of the molecule is COc1ccc(CCC(=O)N2CCC(c3nc(C)no3)CC2)cc1OC. The summed E-state index contributed by atoms with van der Waals surface area (Å²) >= 11 is 0. The molecule has 1 fully saturated rings. The van der Waals surface area contributed by atoms with E-state index in [0.29, 0.717) is 36.1 Å². The first-order valence-corrected chi connectivity index (χ1v) is 8.89. The van der Waals surface area contributed by atoms with Crippen LogP contribution in [0.4, 0.5) is 0 Å². The lowest BCUT2D eigenvalue weighted by Crippen LogP contribution is -2.38. The van der Waals surface area contributed by atoms with E-state index >= 15 is 0 Å². The van der Waals surface area contributed by atoms with E-state index in [9.17, 15) is 4.79 Å². The number of aromatic nitrogens is 2. The third kappa shape index (κ3) is 4.15. The zero-order valence-corrected chi connectivity index (χ0v) is 15.5. The van der Waals surface area contributed by atoms with E-state index in [1.165, 1.54) is 0 Å². The van der Waals surface area contributed by atoms with Gasteiger partial charge >= 0.3 is 0 Å². The standard InChI is InChI=1S/C19H25N3O4/c1-13-20-19(26-21-13)15-8-10-22(11-9-15)18(23)7-5-14-4-6-16(24-2)17(12-14)25-3/h4,6,12,15H,5,7-11H2,1-3H3. The number of piperidine rings is 1. The molecule has 2 heterocycles. The van der Waals surface area contributed by atoms with Gasteiger partial charge in [-0.2, -0.15) is 4.98 Å².